The summed E-state index contributed by atoms with van der Waals surface area (Å²) in [6, 6.07) is 0.825. The number of hydrogen-bond donors (Lipinski definition) is 2. The molecule has 1 aliphatic carbocycles. The minimum absolute atomic E-state index is 0.0324. The van der Waals surface area contributed by atoms with Crippen LogP contribution >= 0.6 is 0 Å². The first kappa shape index (κ1) is 14.9. The first-order chi connectivity index (χ1) is 7.91. The van der Waals surface area contributed by atoms with Gasteiger partial charge in [0.15, 0.2) is 0 Å². The smallest absolute Gasteiger partial charge is 0.0602 e. The van der Waals surface area contributed by atoms with Gasteiger partial charge in [-0.05, 0) is 31.2 Å². The van der Waals surface area contributed by atoms with Crippen molar-refractivity contribution < 1.29 is 5.11 Å². The van der Waals surface area contributed by atoms with E-state index in [4.69, 9.17) is 5.73 Å². The summed E-state index contributed by atoms with van der Waals surface area (Å²) in [5.41, 5.74) is 6.39. The van der Waals surface area contributed by atoms with E-state index in [-0.39, 0.29) is 24.1 Å². The average Bonchev–Trinajstić information content (AvgIpc) is 3.06. The van der Waals surface area contributed by atoms with Crippen LogP contribution in [0.25, 0.3) is 0 Å². The van der Waals surface area contributed by atoms with E-state index in [1.54, 1.807) is 0 Å². The van der Waals surface area contributed by atoms with E-state index in [9.17, 15) is 5.11 Å². The molecular formula is C14H30N2O. The minimum Gasteiger partial charge on any atom is -0.395 e. The van der Waals surface area contributed by atoms with Crippen molar-refractivity contribution in [1.82, 2.24) is 4.90 Å². The standard InChI is InChI=1S/C14H30N2O/c1-5-6-9-16(11-7-8-11)12(10-17)13(15)14(2,3)4/h11-13,17H,5-10,15H2,1-4H3. The molecule has 0 aliphatic heterocycles. The van der Waals surface area contributed by atoms with E-state index in [1.165, 1.54) is 25.7 Å². The molecule has 3 nitrogen and oxygen atoms in total. The van der Waals surface area contributed by atoms with Crippen molar-refractivity contribution in [3.63, 3.8) is 0 Å². The fourth-order valence-electron chi connectivity index (χ4n) is 2.37. The molecule has 2 atom stereocenters. The summed E-state index contributed by atoms with van der Waals surface area (Å²) in [5, 5.41) is 9.68. The molecule has 0 amide bonds. The summed E-state index contributed by atoms with van der Waals surface area (Å²) in [7, 11) is 0. The molecule has 102 valence electrons. The molecule has 0 aromatic carbocycles. The molecule has 3 N–H and O–H groups in total. The molecule has 0 heterocycles. The van der Waals surface area contributed by atoms with Crippen LogP contribution in [-0.2, 0) is 0 Å². The maximum atomic E-state index is 9.68. The van der Waals surface area contributed by atoms with Gasteiger partial charge < -0.3 is 10.8 Å². The fourth-order valence-corrected chi connectivity index (χ4v) is 2.37. The van der Waals surface area contributed by atoms with Gasteiger partial charge in [-0.2, -0.15) is 0 Å². The minimum atomic E-state index is 0.0324. The second-order valence-electron chi connectivity index (χ2n) is 6.46. The summed E-state index contributed by atoms with van der Waals surface area (Å²) < 4.78 is 0. The Morgan fingerprint density at radius 2 is 1.94 bits per heavy atom. The van der Waals surface area contributed by atoms with Gasteiger partial charge in [-0.3, -0.25) is 4.90 Å². The lowest BCUT2D eigenvalue weighted by Crippen LogP contribution is -2.56. The van der Waals surface area contributed by atoms with Crippen LogP contribution in [0, 0.1) is 5.41 Å². The Labute approximate surface area is 106 Å². The monoisotopic (exact) mass is 242 g/mol. The number of unbranched alkanes of at least 4 members (excludes halogenated alkanes) is 1. The molecule has 1 aliphatic rings. The Hall–Kier alpha value is -0.120. The molecule has 2 unspecified atom stereocenters. The highest BCUT2D eigenvalue weighted by Crippen LogP contribution is 2.32. The van der Waals surface area contributed by atoms with Crippen LogP contribution < -0.4 is 5.73 Å². The summed E-state index contributed by atoms with van der Waals surface area (Å²) in [6.45, 7) is 9.94. The third kappa shape index (κ3) is 4.23. The number of hydrogen-bond acceptors (Lipinski definition) is 3. The Balaban J connectivity index is 2.67. The van der Waals surface area contributed by atoms with Crippen LogP contribution in [0.1, 0.15) is 53.4 Å². The van der Waals surface area contributed by atoms with Gasteiger partial charge in [0.25, 0.3) is 0 Å². The number of rotatable bonds is 7. The van der Waals surface area contributed by atoms with Crippen LogP contribution in [0.4, 0.5) is 0 Å². The molecule has 1 rings (SSSR count). The van der Waals surface area contributed by atoms with Crippen molar-refractivity contribution in [3.05, 3.63) is 0 Å². The highest BCUT2D eigenvalue weighted by Gasteiger charge is 2.39. The van der Waals surface area contributed by atoms with Crippen molar-refractivity contribution >= 4 is 0 Å². The van der Waals surface area contributed by atoms with Crippen LogP contribution in [0.2, 0.25) is 0 Å². The van der Waals surface area contributed by atoms with Crippen LogP contribution in [0.3, 0.4) is 0 Å². The van der Waals surface area contributed by atoms with Crippen LogP contribution in [0.5, 0.6) is 0 Å². The highest BCUT2D eigenvalue weighted by molar-refractivity contribution is 4.96. The van der Waals surface area contributed by atoms with E-state index < -0.39 is 0 Å². The molecule has 0 spiro atoms. The number of nitrogens with zero attached hydrogens (tertiary/aromatic N) is 1. The zero-order chi connectivity index (χ0) is 13.1. The average molecular weight is 242 g/mol. The first-order valence-corrected chi connectivity index (χ1v) is 7.04. The van der Waals surface area contributed by atoms with Crippen molar-refractivity contribution in [3.8, 4) is 0 Å². The van der Waals surface area contributed by atoms with Gasteiger partial charge in [-0.25, -0.2) is 0 Å². The molecule has 1 saturated carbocycles. The van der Waals surface area contributed by atoms with Gasteiger partial charge in [0.2, 0.25) is 0 Å². The lowest BCUT2D eigenvalue weighted by Gasteiger charge is -2.40. The summed E-state index contributed by atoms with van der Waals surface area (Å²) in [6.07, 6.45) is 4.95. The normalized spacial score (nSPS) is 20.6. The third-order valence-corrected chi connectivity index (χ3v) is 3.81. The van der Waals surface area contributed by atoms with E-state index in [0.717, 1.165) is 6.54 Å². The first-order valence-electron chi connectivity index (χ1n) is 7.04. The zero-order valence-corrected chi connectivity index (χ0v) is 11.9. The molecule has 0 aromatic heterocycles. The predicted octanol–water partition coefficient (Wildman–Crippen LogP) is 1.99. The lowest BCUT2D eigenvalue weighted by molar-refractivity contribution is 0.0639. The van der Waals surface area contributed by atoms with Crippen LogP contribution in [-0.4, -0.2) is 41.3 Å². The number of aliphatic hydroxyl groups is 1. The third-order valence-electron chi connectivity index (χ3n) is 3.81. The quantitative estimate of drug-likeness (QED) is 0.718. The molecule has 0 aromatic rings. The maximum Gasteiger partial charge on any atom is 0.0602 e. The van der Waals surface area contributed by atoms with Crippen LogP contribution in [0.15, 0.2) is 0 Å². The lowest BCUT2D eigenvalue weighted by atomic mass is 9.82. The van der Waals surface area contributed by atoms with Gasteiger partial charge in [0, 0.05) is 18.1 Å². The number of nitrogens with two attached hydrogens (primary N) is 1. The molecule has 0 bridgehead atoms. The van der Waals surface area contributed by atoms with Crippen molar-refractivity contribution in [2.45, 2.75) is 71.5 Å². The van der Waals surface area contributed by atoms with E-state index >= 15 is 0 Å². The number of aliphatic hydroxyl groups excluding tert-OH is 1. The zero-order valence-electron chi connectivity index (χ0n) is 11.9. The second-order valence-corrected chi connectivity index (χ2v) is 6.46. The maximum absolute atomic E-state index is 9.68. The van der Waals surface area contributed by atoms with Gasteiger partial charge >= 0.3 is 0 Å². The fraction of sp³-hybridized carbons (Fsp3) is 1.00. The predicted molar refractivity (Wildman–Crippen MR) is 72.9 cm³/mol. The van der Waals surface area contributed by atoms with E-state index in [0.29, 0.717) is 6.04 Å². The summed E-state index contributed by atoms with van der Waals surface area (Å²) >= 11 is 0. The molecule has 0 saturated heterocycles. The summed E-state index contributed by atoms with van der Waals surface area (Å²) in [4.78, 5) is 2.46. The molecule has 0 radical (unpaired) electrons. The van der Waals surface area contributed by atoms with Gasteiger partial charge in [0.05, 0.1) is 6.61 Å². The van der Waals surface area contributed by atoms with Gasteiger partial charge in [-0.1, -0.05) is 34.1 Å². The van der Waals surface area contributed by atoms with Crippen molar-refractivity contribution in [2.75, 3.05) is 13.2 Å². The van der Waals surface area contributed by atoms with Gasteiger partial charge in [-0.15, -0.1) is 0 Å². The molecule has 3 heteroatoms. The summed E-state index contributed by atoms with van der Waals surface area (Å²) in [5.74, 6) is 0. The Bertz CT molecular complexity index is 221. The van der Waals surface area contributed by atoms with Crippen molar-refractivity contribution in [1.29, 1.82) is 0 Å². The van der Waals surface area contributed by atoms with Crippen molar-refractivity contribution in [2.24, 2.45) is 11.1 Å². The molecular weight excluding hydrogens is 212 g/mol. The van der Waals surface area contributed by atoms with E-state index in [2.05, 4.69) is 32.6 Å². The Kier molecular flexibility index (Phi) is 5.42. The van der Waals surface area contributed by atoms with Gasteiger partial charge in [0.1, 0.15) is 0 Å². The molecule has 1 fully saturated rings. The van der Waals surface area contributed by atoms with E-state index in [1.807, 2.05) is 0 Å². The second kappa shape index (κ2) is 6.17. The SMILES string of the molecule is CCCCN(C1CC1)C(CO)C(N)C(C)(C)C. The largest absolute Gasteiger partial charge is 0.395 e. The highest BCUT2D eigenvalue weighted by atomic mass is 16.3. The topological polar surface area (TPSA) is 49.5 Å². The Morgan fingerprint density at radius 3 is 2.29 bits per heavy atom. The molecule has 17 heavy (non-hydrogen) atoms. The Morgan fingerprint density at radius 1 is 1.35 bits per heavy atom.